The van der Waals surface area contributed by atoms with E-state index in [2.05, 4.69) is 21.0 Å². The largest absolute Gasteiger partial charge is 0.494 e. The van der Waals surface area contributed by atoms with Crippen LogP contribution in [0.15, 0.2) is 46.0 Å². The first-order valence-corrected chi connectivity index (χ1v) is 7.46. The lowest BCUT2D eigenvalue weighted by molar-refractivity contribution is 0.340. The molecule has 2 rings (SSSR count). The minimum atomic E-state index is -3.63. The topological polar surface area (TPSA) is 61.2 Å². The Balaban J connectivity index is 2.36. The molecule has 0 bridgehead atoms. The average molecular weight is 331 g/mol. The van der Waals surface area contributed by atoms with Gasteiger partial charge in [0.25, 0.3) is 10.0 Å². The Morgan fingerprint density at radius 2 is 2.00 bits per heavy atom. The Kier molecular flexibility index (Phi) is 3.72. The van der Waals surface area contributed by atoms with Gasteiger partial charge in [0.2, 0.25) is 0 Å². The quantitative estimate of drug-likeness (QED) is 0.862. The van der Waals surface area contributed by atoms with Gasteiger partial charge in [0, 0.05) is 0 Å². The molecule has 0 spiro atoms. The summed E-state index contributed by atoms with van der Waals surface area (Å²) in [4.78, 5) is 0.168. The molecule has 1 heterocycles. The lowest BCUT2D eigenvalue weighted by atomic mass is 10.3. The average Bonchev–Trinajstić information content (AvgIpc) is 2.78. The van der Waals surface area contributed by atoms with Crippen molar-refractivity contribution in [3.63, 3.8) is 0 Å². The van der Waals surface area contributed by atoms with Gasteiger partial charge in [0.1, 0.15) is 5.75 Å². The fourth-order valence-corrected chi connectivity index (χ4v) is 2.94. The molecule has 18 heavy (non-hydrogen) atoms. The number of hydrogen-bond donors (Lipinski definition) is 0. The third-order valence-corrected chi connectivity index (χ3v) is 4.18. The summed E-state index contributed by atoms with van der Waals surface area (Å²) in [5.41, 5.74) is 0. The van der Waals surface area contributed by atoms with E-state index in [0.29, 0.717) is 16.8 Å². The summed E-state index contributed by atoms with van der Waals surface area (Å²) in [7, 11) is -3.63. The standard InChI is InChI=1S/C11H11BrN2O3S/c1-2-17-10-3-5-11(6-4-10)18(15,16)14-8-9(12)7-13-14/h3-8H,2H2,1H3. The molecule has 96 valence electrons. The van der Waals surface area contributed by atoms with Crippen LogP contribution in [0.5, 0.6) is 5.75 Å². The lowest BCUT2D eigenvalue weighted by Crippen LogP contribution is -2.13. The Hall–Kier alpha value is -1.34. The van der Waals surface area contributed by atoms with Crippen molar-refractivity contribution in [2.24, 2.45) is 0 Å². The summed E-state index contributed by atoms with van der Waals surface area (Å²) < 4.78 is 31.1. The predicted octanol–water partition coefficient (Wildman–Crippen LogP) is 2.28. The maximum Gasteiger partial charge on any atom is 0.282 e. The molecule has 1 aromatic carbocycles. The van der Waals surface area contributed by atoms with Gasteiger partial charge >= 0.3 is 0 Å². The molecule has 2 aromatic rings. The van der Waals surface area contributed by atoms with Crippen molar-refractivity contribution >= 4 is 26.0 Å². The molecule has 0 fully saturated rings. The normalized spacial score (nSPS) is 11.4. The first kappa shape index (κ1) is 13.1. The fraction of sp³-hybridized carbons (Fsp3) is 0.182. The van der Waals surface area contributed by atoms with Crippen LogP contribution in [-0.4, -0.2) is 24.2 Å². The minimum absolute atomic E-state index is 0.168. The van der Waals surface area contributed by atoms with Crippen molar-refractivity contribution in [1.82, 2.24) is 9.19 Å². The molecule has 0 radical (unpaired) electrons. The Bertz CT molecular complexity index is 635. The van der Waals surface area contributed by atoms with E-state index in [1.54, 1.807) is 12.1 Å². The molecule has 0 saturated carbocycles. The molecule has 0 aliphatic rings. The van der Waals surface area contributed by atoms with Crippen LogP contribution in [0.2, 0.25) is 0 Å². The molecule has 5 nitrogen and oxygen atoms in total. The highest BCUT2D eigenvalue weighted by atomic mass is 79.9. The number of rotatable bonds is 4. The third kappa shape index (κ3) is 2.56. The van der Waals surface area contributed by atoms with E-state index in [4.69, 9.17) is 4.74 Å². The maximum absolute atomic E-state index is 12.2. The zero-order valence-electron chi connectivity index (χ0n) is 9.58. The fourth-order valence-electron chi connectivity index (χ4n) is 1.40. The first-order chi connectivity index (χ1) is 8.54. The van der Waals surface area contributed by atoms with Crippen LogP contribution in [0, 0.1) is 0 Å². The minimum Gasteiger partial charge on any atom is -0.494 e. The molecule has 0 atom stereocenters. The highest BCUT2D eigenvalue weighted by Gasteiger charge is 2.17. The SMILES string of the molecule is CCOc1ccc(S(=O)(=O)n2cc(Br)cn2)cc1. The second-order valence-corrected chi connectivity index (χ2v) is 6.15. The number of aromatic nitrogens is 2. The second kappa shape index (κ2) is 5.11. The summed E-state index contributed by atoms with van der Waals surface area (Å²) in [6.45, 7) is 2.41. The van der Waals surface area contributed by atoms with E-state index in [1.165, 1.54) is 24.5 Å². The number of nitrogens with zero attached hydrogens (tertiary/aromatic N) is 2. The van der Waals surface area contributed by atoms with E-state index in [0.717, 1.165) is 4.09 Å². The summed E-state index contributed by atoms with van der Waals surface area (Å²) >= 11 is 3.16. The zero-order chi connectivity index (χ0) is 13.2. The monoisotopic (exact) mass is 330 g/mol. The van der Waals surface area contributed by atoms with Crippen LogP contribution in [-0.2, 0) is 10.0 Å². The van der Waals surface area contributed by atoms with Crippen molar-refractivity contribution in [2.45, 2.75) is 11.8 Å². The van der Waals surface area contributed by atoms with Gasteiger partial charge in [-0.25, -0.2) is 0 Å². The Labute approximate surface area is 114 Å². The van der Waals surface area contributed by atoms with Crippen molar-refractivity contribution in [3.05, 3.63) is 41.1 Å². The molecule has 0 amide bonds. The molecule has 7 heteroatoms. The molecule has 0 saturated heterocycles. The summed E-state index contributed by atoms with van der Waals surface area (Å²) in [5, 5.41) is 3.77. The molecular formula is C11H11BrN2O3S. The van der Waals surface area contributed by atoms with Gasteiger partial charge in [-0.05, 0) is 47.1 Å². The second-order valence-electron chi connectivity index (χ2n) is 3.44. The zero-order valence-corrected chi connectivity index (χ0v) is 12.0. The summed E-state index contributed by atoms with van der Waals surface area (Å²) in [6.07, 6.45) is 2.82. The van der Waals surface area contributed by atoms with Crippen molar-refractivity contribution in [2.75, 3.05) is 6.61 Å². The highest BCUT2D eigenvalue weighted by molar-refractivity contribution is 9.10. The van der Waals surface area contributed by atoms with E-state index in [1.807, 2.05) is 6.92 Å². The van der Waals surface area contributed by atoms with Gasteiger partial charge in [-0.2, -0.15) is 17.6 Å². The molecule has 0 N–H and O–H groups in total. The van der Waals surface area contributed by atoms with Crippen LogP contribution in [0.4, 0.5) is 0 Å². The summed E-state index contributed by atoms with van der Waals surface area (Å²) in [6, 6.07) is 6.23. The van der Waals surface area contributed by atoms with Crippen molar-refractivity contribution < 1.29 is 13.2 Å². The summed E-state index contributed by atoms with van der Waals surface area (Å²) in [5.74, 6) is 0.637. The number of hydrogen-bond acceptors (Lipinski definition) is 4. The van der Waals surface area contributed by atoms with E-state index >= 15 is 0 Å². The maximum atomic E-state index is 12.2. The van der Waals surface area contributed by atoms with Gasteiger partial charge in [0.05, 0.1) is 28.4 Å². The van der Waals surface area contributed by atoms with Crippen LogP contribution >= 0.6 is 15.9 Å². The highest BCUT2D eigenvalue weighted by Crippen LogP contribution is 2.19. The van der Waals surface area contributed by atoms with Crippen LogP contribution in [0.25, 0.3) is 0 Å². The Morgan fingerprint density at radius 3 is 2.50 bits per heavy atom. The predicted molar refractivity (Wildman–Crippen MR) is 70.1 cm³/mol. The molecular weight excluding hydrogens is 320 g/mol. The van der Waals surface area contributed by atoms with E-state index in [9.17, 15) is 8.42 Å². The molecule has 0 aliphatic heterocycles. The number of halogens is 1. The van der Waals surface area contributed by atoms with Crippen LogP contribution in [0.1, 0.15) is 6.92 Å². The van der Waals surface area contributed by atoms with Gasteiger partial charge in [-0.15, -0.1) is 0 Å². The Morgan fingerprint density at radius 1 is 1.33 bits per heavy atom. The van der Waals surface area contributed by atoms with Gasteiger partial charge in [-0.3, -0.25) is 0 Å². The van der Waals surface area contributed by atoms with Crippen molar-refractivity contribution in [3.8, 4) is 5.75 Å². The van der Waals surface area contributed by atoms with E-state index in [-0.39, 0.29) is 4.90 Å². The molecule has 1 aromatic heterocycles. The van der Waals surface area contributed by atoms with E-state index < -0.39 is 10.0 Å². The van der Waals surface area contributed by atoms with Crippen LogP contribution in [0.3, 0.4) is 0 Å². The van der Waals surface area contributed by atoms with Gasteiger partial charge in [0.15, 0.2) is 0 Å². The third-order valence-electron chi connectivity index (χ3n) is 2.21. The molecule has 0 unspecified atom stereocenters. The number of benzene rings is 1. The lowest BCUT2D eigenvalue weighted by Gasteiger charge is -2.06. The van der Waals surface area contributed by atoms with Gasteiger partial charge in [-0.1, -0.05) is 0 Å². The first-order valence-electron chi connectivity index (χ1n) is 5.22. The van der Waals surface area contributed by atoms with Crippen LogP contribution < -0.4 is 4.74 Å². The van der Waals surface area contributed by atoms with Gasteiger partial charge < -0.3 is 4.74 Å². The molecule has 0 aliphatic carbocycles. The smallest absolute Gasteiger partial charge is 0.282 e. The number of ether oxygens (including phenoxy) is 1. The van der Waals surface area contributed by atoms with Crippen molar-refractivity contribution in [1.29, 1.82) is 0 Å².